The summed E-state index contributed by atoms with van der Waals surface area (Å²) in [5.74, 6) is -0.366. The van der Waals surface area contributed by atoms with Gasteiger partial charge in [0.2, 0.25) is 0 Å². The highest BCUT2D eigenvalue weighted by molar-refractivity contribution is 6.04. The molecule has 20 heavy (non-hydrogen) atoms. The van der Waals surface area contributed by atoms with Gasteiger partial charge in [0.25, 0.3) is 5.91 Å². The number of anilines is 2. The lowest BCUT2D eigenvalue weighted by molar-refractivity contribution is 0.101. The average molecular weight is 271 g/mol. The topological polar surface area (TPSA) is 65.2 Å². The van der Waals surface area contributed by atoms with Crippen molar-refractivity contribution in [3.63, 3.8) is 0 Å². The molecule has 0 saturated heterocycles. The predicted molar refractivity (Wildman–Crippen MR) is 79.5 cm³/mol. The number of nitrogens with one attached hydrogen (secondary N) is 2. The number of carbonyl (C=O) groups is 2. The number of H-pyrrole nitrogens is 1. The molecule has 2 aromatic rings. The lowest BCUT2D eigenvalue weighted by atomic mass is 10.2. The van der Waals surface area contributed by atoms with Gasteiger partial charge in [-0.05, 0) is 36.4 Å². The van der Waals surface area contributed by atoms with E-state index < -0.39 is 0 Å². The molecular formula is C15H17N3O2. The second-order valence-corrected chi connectivity index (χ2v) is 4.74. The van der Waals surface area contributed by atoms with Crippen LogP contribution < -0.4 is 10.2 Å². The van der Waals surface area contributed by atoms with Gasteiger partial charge in [0.15, 0.2) is 5.78 Å². The zero-order chi connectivity index (χ0) is 14.7. The Morgan fingerprint density at radius 3 is 2.10 bits per heavy atom. The van der Waals surface area contributed by atoms with E-state index in [0.29, 0.717) is 17.1 Å². The van der Waals surface area contributed by atoms with Crippen molar-refractivity contribution in [3.8, 4) is 0 Å². The molecule has 0 aliphatic carbocycles. The summed E-state index contributed by atoms with van der Waals surface area (Å²) < 4.78 is 0. The Morgan fingerprint density at radius 1 is 1.00 bits per heavy atom. The van der Waals surface area contributed by atoms with Gasteiger partial charge in [0, 0.05) is 32.4 Å². The number of amides is 1. The molecule has 5 nitrogen and oxygen atoms in total. The third-order valence-corrected chi connectivity index (χ3v) is 2.95. The lowest BCUT2D eigenvalue weighted by Crippen LogP contribution is -2.13. The molecule has 0 aliphatic heterocycles. The van der Waals surface area contributed by atoms with Gasteiger partial charge in [-0.15, -0.1) is 0 Å². The average Bonchev–Trinajstić information content (AvgIpc) is 2.89. The fourth-order valence-electron chi connectivity index (χ4n) is 1.77. The van der Waals surface area contributed by atoms with Crippen LogP contribution in [-0.4, -0.2) is 30.8 Å². The van der Waals surface area contributed by atoms with Gasteiger partial charge in [-0.1, -0.05) is 0 Å². The van der Waals surface area contributed by atoms with Crippen molar-refractivity contribution in [2.45, 2.75) is 6.92 Å². The minimum absolute atomic E-state index is 0.0978. The normalized spacial score (nSPS) is 10.2. The van der Waals surface area contributed by atoms with E-state index in [1.54, 1.807) is 12.1 Å². The summed E-state index contributed by atoms with van der Waals surface area (Å²) >= 11 is 0. The Bertz CT molecular complexity index is 627. The number of hydrogen-bond acceptors (Lipinski definition) is 3. The predicted octanol–water partition coefficient (Wildman–Crippen LogP) is 2.54. The van der Waals surface area contributed by atoms with Crippen molar-refractivity contribution in [3.05, 3.63) is 47.8 Å². The Morgan fingerprint density at radius 2 is 1.60 bits per heavy atom. The number of nitrogens with zero attached hydrogens (tertiary/aromatic N) is 1. The molecule has 0 saturated carbocycles. The van der Waals surface area contributed by atoms with Crippen LogP contribution in [0.25, 0.3) is 0 Å². The first-order valence-electron chi connectivity index (χ1n) is 6.26. The molecule has 5 heteroatoms. The summed E-state index contributed by atoms with van der Waals surface area (Å²) in [4.78, 5) is 28.0. The van der Waals surface area contributed by atoms with Gasteiger partial charge in [-0.2, -0.15) is 0 Å². The van der Waals surface area contributed by atoms with Gasteiger partial charge in [0.1, 0.15) is 5.69 Å². The van der Waals surface area contributed by atoms with Crippen molar-refractivity contribution in [1.29, 1.82) is 0 Å². The monoisotopic (exact) mass is 271 g/mol. The number of rotatable bonds is 4. The molecule has 1 aromatic heterocycles. The van der Waals surface area contributed by atoms with Crippen LogP contribution in [0.1, 0.15) is 27.9 Å². The maximum atomic E-state index is 12.0. The summed E-state index contributed by atoms with van der Waals surface area (Å²) in [5, 5.41) is 2.78. The molecule has 0 fully saturated rings. The number of carbonyl (C=O) groups excluding carboxylic acids is 2. The molecule has 0 radical (unpaired) electrons. The number of aromatic amines is 1. The van der Waals surface area contributed by atoms with E-state index in [9.17, 15) is 9.59 Å². The van der Waals surface area contributed by atoms with E-state index in [1.807, 2.05) is 43.3 Å². The van der Waals surface area contributed by atoms with Crippen LogP contribution >= 0.6 is 0 Å². The van der Waals surface area contributed by atoms with Crippen molar-refractivity contribution < 1.29 is 9.59 Å². The SMILES string of the molecule is CC(=O)c1ccc(C(=O)Nc2ccc(N(C)C)cc2)[nH]1. The molecule has 0 aliphatic rings. The minimum atomic E-state index is -0.268. The second kappa shape index (κ2) is 5.61. The van der Waals surface area contributed by atoms with Crippen molar-refractivity contribution in [1.82, 2.24) is 4.98 Å². The van der Waals surface area contributed by atoms with Gasteiger partial charge < -0.3 is 15.2 Å². The largest absolute Gasteiger partial charge is 0.378 e. The molecule has 2 N–H and O–H groups in total. The van der Waals surface area contributed by atoms with E-state index in [4.69, 9.17) is 0 Å². The van der Waals surface area contributed by atoms with E-state index in [0.717, 1.165) is 5.69 Å². The lowest BCUT2D eigenvalue weighted by Gasteiger charge is -2.12. The Kier molecular flexibility index (Phi) is 3.89. The van der Waals surface area contributed by atoms with Crippen molar-refractivity contribution in [2.24, 2.45) is 0 Å². The van der Waals surface area contributed by atoms with Crippen LogP contribution in [0.5, 0.6) is 0 Å². The van der Waals surface area contributed by atoms with Crippen LogP contribution in [0.15, 0.2) is 36.4 Å². The summed E-state index contributed by atoms with van der Waals surface area (Å²) in [6, 6.07) is 10.7. The minimum Gasteiger partial charge on any atom is -0.378 e. The molecule has 1 amide bonds. The third kappa shape index (κ3) is 3.06. The smallest absolute Gasteiger partial charge is 0.272 e. The standard InChI is InChI=1S/C15H17N3O2/c1-10(19)13-8-9-14(17-13)15(20)16-11-4-6-12(7-5-11)18(2)3/h4-9,17H,1-3H3,(H,16,20). The number of aromatic nitrogens is 1. The first kappa shape index (κ1) is 13.9. The number of Topliss-reactive ketones (excluding diaryl/α,β-unsaturated/α-hetero) is 1. The van der Waals surface area contributed by atoms with E-state index >= 15 is 0 Å². The van der Waals surface area contributed by atoms with Crippen molar-refractivity contribution in [2.75, 3.05) is 24.3 Å². The Labute approximate surface area is 117 Å². The molecule has 0 atom stereocenters. The number of hydrogen-bond donors (Lipinski definition) is 2. The highest BCUT2D eigenvalue weighted by atomic mass is 16.2. The van der Waals surface area contributed by atoms with E-state index in [-0.39, 0.29) is 11.7 Å². The molecule has 1 heterocycles. The summed E-state index contributed by atoms with van der Waals surface area (Å²) in [6.45, 7) is 1.45. The van der Waals surface area contributed by atoms with Crippen LogP contribution in [0.3, 0.4) is 0 Å². The number of benzene rings is 1. The first-order chi connectivity index (χ1) is 9.47. The molecular weight excluding hydrogens is 254 g/mol. The molecule has 1 aromatic carbocycles. The first-order valence-corrected chi connectivity index (χ1v) is 6.26. The maximum absolute atomic E-state index is 12.0. The third-order valence-electron chi connectivity index (χ3n) is 2.95. The summed E-state index contributed by atoms with van der Waals surface area (Å²) in [7, 11) is 3.91. The Hall–Kier alpha value is -2.56. The van der Waals surface area contributed by atoms with Gasteiger partial charge in [0.05, 0.1) is 5.69 Å². The summed E-state index contributed by atoms with van der Waals surface area (Å²) in [6.07, 6.45) is 0. The Balaban J connectivity index is 2.08. The number of ketones is 1. The highest BCUT2D eigenvalue weighted by Crippen LogP contribution is 2.16. The zero-order valence-corrected chi connectivity index (χ0v) is 11.7. The van der Waals surface area contributed by atoms with Gasteiger partial charge >= 0.3 is 0 Å². The maximum Gasteiger partial charge on any atom is 0.272 e. The van der Waals surface area contributed by atoms with Crippen molar-refractivity contribution >= 4 is 23.1 Å². The molecule has 2 rings (SSSR count). The highest BCUT2D eigenvalue weighted by Gasteiger charge is 2.10. The fraction of sp³-hybridized carbons (Fsp3) is 0.200. The van der Waals surface area contributed by atoms with Crippen LogP contribution in [0.2, 0.25) is 0 Å². The summed E-state index contributed by atoms with van der Waals surface area (Å²) in [5.41, 5.74) is 2.56. The van der Waals surface area contributed by atoms with Crippen LogP contribution in [0.4, 0.5) is 11.4 Å². The molecule has 104 valence electrons. The second-order valence-electron chi connectivity index (χ2n) is 4.74. The quantitative estimate of drug-likeness (QED) is 0.840. The van der Waals surface area contributed by atoms with Crippen LogP contribution in [0, 0.1) is 0 Å². The zero-order valence-electron chi connectivity index (χ0n) is 11.7. The molecule has 0 unspecified atom stereocenters. The van der Waals surface area contributed by atoms with Crippen LogP contribution in [-0.2, 0) is 0 Å². The fourth-order valence-corrected chi connectivity index (χ4v) is 1.77. The van der Waals surface area contributed by atoms with Gasteiger partial charge in [-0.3, -0.25) is 9.59 Å². The van der Waals surface area contributed by atoms with Gasteiger partial charge in [-0.25, -0.2) is 0 Å². The molecule has 0 spiro atoms. The van der Waals surface area contributed by atoms with E-state index in [2.05, 4.69) is 10.3 Å². The van der Waals surface area contributed by atoms with E-state index in [1.165, 1.54) is 6.92 Å². The molecule has 0 bridgehead atoms.